The molecule has 3 rings (SSSR count). The minimum absolute atomic E-state index is 0.0624. The molecule has 0 saturated carbocycles. The Balaban J connectivity index is 1.77. The first kappa shape index (κ1) is 37.0. The van der Waals surface area contributed by atoms with E-state index in [1.165, 1.54) is 12.1 Å². The quantitative estimate of drug-likeness (QED) is 0.0561. The van der Waals surface area contributed by atoms with Crippen molar-refractivity contribution in [1.82, 2.24) is 16.0 Å². The van der Waals surface area contributed by atoms with Gasteiger partial charge in [0.25, 0.3) is 0 Å². The number of guanidine groups is 1. The van der Waals surface area contributed by atoms with Crippen LogP contribution in [0.25, 0.3) is 11.0 Å². The summed E-state index contributed by atoms with van der Waals surface area (Å²) in [5.74, 6) is -2.38. The molecule has 15 nitrogen and oxygen atoms in total. The second kappa shape index (κ2) is 16.9. The van der Waals surface area contributed by atoms with Gasteiger partial charge in [0.05, 0.1) is 6.61 Å². The van der Waals surface area contributed by atoms with Gasteiger partial charge in [-0.25, -0.2) is 9.59 Å². The number of rotatable bonds is 14. The summed E-state index contributed by atoms with van der Waals surface area (Å²) in [7, 11) is 0. The number of aliphatic hydroxyl groups excluding tert-OH is 1. The normalized spacial score (nSPS) is 13.0. The van der Waals surface area contributed by atoms with Gasteiger partial charge >= 0.3 is 11.7 Å². The SMILES string of the molecule is Cc1cc(=O)oc2cc(NC(=O)[C@H](CCCN=C(N)N)NC(=O)[C@H](CO)NC(=O)[C@@H](Cc3ccccc3)NC(=O)OC(C)(C)C)ccc12. The van der Waals surface area contributed by atoms with Crippen LogP contribution in [0.15, 0.2) is 68.8 Å². The maximum Gasteiger partial charge on any atom is 0.408 e. The molecule has 0 aliphatic heterocycles. The van der Waals surface area contributed by atoms with Gasteiger partial charge in [0.2, 0.25) is 17.7 Å². The number of ether oxygens (including phenoxy) is 1. The molecule has 3 aromatic rings. The zero-order valence-corrected chi connectivity index (χ0v) is 27.4. The summed E-state index contributed by atoms with van der Waals surface area (Å²) in [5, 5.41) is 21.0. The number of aliphatic imine (C=N–C) groups is 1. The van der Waals surface area contributed by atoms with Gasteiger partial charge in [-0.15, -0.1) is 0 Å². The molecule has 0 saturated heterocycles. The lowest BCUT2D eigenvalue weighted by Crippen LogP contribution is -2.58. The monoisotopic (exact) mass is 665 g/mol. The van der Waals surface area contributed by atoms with E-state index in [-0.39, 0.29) is 37.3 Å². The lowest BCUT2D eigenvalue weighted by Gasteiger charge is -2.26. The second-order valence-electron chi connectivity index (χ2n) is 12.1. The number of benzene rings is 2. The maximum absolute atomic E-state index is 13.4. The van der Waals surface area contributed by atoms with Gasteiger partial charge in [-0.1, -0.05) is 30.3 Å². The summed E-state index contributed by atoms with van der Waals surface area (Å²) in [5.41, 5.74) is 11.4. The Kier molecular flexibility index (Phi) is 13.1. The van der Waals surface area contributed by atoms with Crippen LogP contribution in [0.1, 0.15) is 44.7 Å². The number of nitrogens with zero attached hydrogens (tertiary/aromatic N) is 1. The first-order valence-corrected chi connectivity index (χ1v) is 15.3. The molecule has 1 heterocycles. The molecule has 0 spiro atoms. The fourth-order valence-corrected chi connectivity index (χ4v) is 4.65. The number of alkyl carbamates (subject to hydrolysis) is 1. The number of hydrogen-bond donors (Lipinski definition) is 7. The number of carbonyl (C=O) groups is 4. The van der Waals surface area contributed by atoms with E-state index in [1.807, 2.05) is 0 Å². The Morgan fingerprint density at radius 2 is 1.58 bits per heavy atom. The molecule has 258 valence electrons. The van der Waals surface area contributed by atoms with Crippen LogP contribution in [0.2, 0.25) is 0 Å². The molecule has 0 radical (unpaired) electrons. The third kappa shape index (κ3) is 11.7. The highest BCUT2D eigenvalue weighted by Crippen LogP contribution is 2.21. The third-order valence-corrected chi connectivity index (χ3v) is 6.90. The van der Waals surface area contributed by atoms with Gasteiger partial charge in [-0.05, 0) is 63.8 Å². The van der Waals surface area contributed by atoms with Crippen molar-refractivity contribution in [3.63, 3.8) is 0 Å². The fraction of sp³-hybridized carbons (Fsp3) is 0.394. The first-order chi connectivity index (χ1) is 22.6. The van der Waals surface area contributed by atoms with Crippen molar-refractivity contribution in [2.45, 2.75) is 70.7 Å². The molecule has 2 aromatic carbocycles. The molecule has 0 fully saturated rings. The van der Waals surface area contributed by atoms with Gasteiger partial charge in [0.15, 0.2) is 5.96 Å². The van der Waals surface area contributed by atoms with Crippen molar-refractivity contribution in [3.05, 3.63) is 76.1 Å². The number of nitrogens with two attached hydrogens (primary N) is 2. The standard InChI is InChI=1S/C33H43N7O8/c1-19-15-27(42)47-26-17-21(12-13-22(19)26)37-28(43)23(11-8-14-36-31(34)35)38-30(45)25(18-41)39-29(44)24(16-20-9-6-5-7-10-20)40-32(46)48-33(2,3)4/h5-7,9-10,12-13,15,17,23-25,41H,8,11,14,16,18H2,1-4H3,(H,37,43)(H,38,45)(H,39,44)(H,40,46)(H4,34,35,36)/t23-,24+,25-/m0/s1. The molecule has 9 N–H and O–H groups in total. The third-order valence-electron chi connectivity index (χ3n) is 6.90. The summed E-state index contributed by atoms with van der Waals surface area (Å²) in [6, 6.07) is 11.2. The summed E-state index contributed by atoms with van der Waals surface area (Å²) < 4.78 is 10.6. The van der Waals surface area contributed by atoms with Gasteiger partial charge in [0, 0.05) is 36.2 Å². The Morgan fingerprint density at radius 3 is 2.23 bits per heavy atom. The van der Waals surface area contributed by atoms with E-state index in [9.17, 15) is 29.1 Å². The van der Waals surface area contributed by atoms with Gasteiger partial charge < -0.3 is 47.0 Å². The summed E-state index contributed by atoms with van der Waals surface area (Å²) in [6.07, 6.45) is -0.410. The molecule has 0 unspecified atom stereocenters. The van der Waals surface area contributed by atoms with Crippen LogP contribution in [0.3, 0.4) is 0 Å². The highest BCUT2D eigenvalue weighted by atomic mass is 16.6. The van der Waals surface area contributed by atoms with Crippen molar-refractivity contribution in [1.29, 1.82) is 0 Å². The predicted octanol–water partition coefficient (Wildman–Crippen LogP) is 1.19. The summed E-state index contributed by atoms with van der Waals surface area (Å²) >= 11 is 0. The van der Waals surface area contributed by atoms with E-state index in [0.29, 0.717) is 16.6 Å². The van der Waals surface area contributed by atoms with E-state index in [2.05, 4.69) is 26.3 Å². The average molecular weight is 666 g/mol. The van der Waals surface area contributed by atoms with Gasteiger partial charge in [0.1, 0.15) is 29.3 Å². The Hall–Kier alpha value is -5.44. The molecule has 0 aliphatic rings. The number of aryl methyl sites for hydroxylation is 1. The van der Waals surface area contributed by atoms with Crippen LogP contribution in [0.4, 0.5) is 10.5 Å². The summed E-state index contributed by atoms with van der Waals surface area (Å²) in [6.45, 7) is 6.13. The van der Waals surface area contributed by atoms with Crippen LogP contribution >= 0.6 is 0 Å². The highest BCUT2D eigenvalue weighted by molar-refractivity contribution is 6.00. The zero-order valence-electron chi connectivity index (χ0n) is 27.4. The maximum atomic E-state index is 13.4. The number of hydrogen-bond acceptors (Lipinski definition) is 9. The van der Waals surface area contributed by atoms with Crippen LogP contribution in [-0.4, -0.2) is 71.8 Å². The molecule has 0 bridgehead atoms. The number of amides is 4. The van der Waals surface area contributed by atoms with Gasteiger partial charge in [-0.2, -0.15) is 0 Å². The lowest BCUT2D eigenvalue weighted by atomic mass is 10.0. The van der Waals surface area contributed by atoms with Crippen LogP contribution in [-0.2, 0) is 25.5 Å². The largest absolute Gasteiger partial charge is 0.444 e. The number of fused-ring (bicyclic) bond motifs is 1. The number of anilines is 1. The van der Waals surface area contributed by atoms with Crippen LogP contribution in [0.5, 0.6) is 0 Å². The number of aliphatic hydroxyl groups is 1. The number of nitrogens with one attached hydrogen (secondary N) is 4. The smallest absolute Gasteiger partial charge is 0.408 e. The molecular formula is C33H43N7O8. The Labute approximate surface area is 277 Å². The second-order valence-corrected chi connectivity index (χ2v) is 12.1. The Bertz CT molecular complexity index is 1680. The fourth-order valence-electron chi connectivity index (χ4n) is 4.65. The molecular weight excluding hydrogens is 622 g/mol. The topological polar surface area (TPSA) is 240 Å². The van der Waals surface area contributed by atoms with Crippen molar-refractivity contribution in [2.75, 3.05) is 18.5 Å². The molecule has 3 atom stereocenters. The first-order valence-electron chi connectivity index (χ1n) is 15.3. The van der Waals surface area contributed by atoms with Gasteiger partial charge in [-0.3, -0.25) is 19.4 Å². The van der Waals surface area contributed by atoms with Crippen LogP contribution in [0, 0.1) is 6.92 Å². The van der Waals surface area contributed by atoms with Crippen molar-refractivity contribution >= 4 is 46.4 Å². The van der Waals surface area contributed by atoms with E-state index in [4.69, 9.17) is 20.6 Å². The zero-order chi connectivity index (χ0) is 35.4. The number of carbonyl (C=O) groups excluding carboxylic acids is 4. The molecule has 48 heavy (non-hydrogen) atoms. The average Bonchev–Trinajstić information content (AvgIpc) is 2.99. The lowest BCUT2D eigenvalue weighted by molar-refractivity contribution is -0.132. The minimum Gasteiger partial charge on any atom is -0.444 e. The van der Waals surface area contributed by atoms with E-state index >= 15 is 0 Å². The van der Waals surface area contributed by atoms with E-state index in [0.717, 1.165) is 5.56 Å². The highest BCUT2D eigenvalue weighted by Gasteiger charge is 2.30. The van der Waals surface area contributed by atoms with Crippen molar-refractivity contribution in [2.24, 2.45) is 16.5 Å². The molecule has 1 aromatic heterocycles. The van der Waals surface area contributed by atoms with E-state index in [1.54, 1.807) is 70.2 Å². The van der Waals surface area contributed by atoms with E-state index < -0.39 is 59.8 Å². The molecule has 0 aliphatic carbocycles. The van der Waals surface area contributed by atoms with Crippen molar-refractivity contribution in [3.8, 4) is 0 Å². The molecule has 4 amide bonds. The Morgan fingerprint density at radius 1 is 0.917 bits per heavy atom. The van der Waals surface area contributed by atoms with Crippen molar-refractivity contribution < 1.29 is 33.4 Å². The molecule has 15 heteroatoms. The minimum atomic E-state index is -1.48. The van der Waals surface area contributed by atoms with Crippen LogP contribution < -0.4 is 38.4 Å². The predicted molar refractivity (Wildman–Crippen MR) is 180 cm³/mol. The summed E-state index contributed by atoms with van der Waals surface area (Å²) in [4.78, 5) is 68.5.